The van der Waals surface area contributed by atoms with E-state index >= 15 is 0 Å². The number of rotatable bonds is 5. The molecule has 1 aliphatic rings. The smallest absolute Gasteiger partial charge is 0.205 e. The highest BCUT2D eigenvalue weighted by Crippen LogP contribution is 2.21. The van der Waals surface area contributed by atoms with Crippen molar-refractivity contribution in [2.24, 2.45) is 5.92 Å². The average Bonchev–Trinajstić information content (AvgIpc) is 2.74. The summed E-state index contributed by atoms with van der Waals surface area (Å²) in [6.45, 7) is 8.86. The third-order valence-electron chi connectivity index (χ3n) is 3.09. The van der Waals surface area contributed by atoms with Crippen molar-refractivity contribution in [1.82, 2.24) is 15.1 Å². The van der Waals surface area contributed by atoms with Gasteiger partial charge in [-0.05, 0) is 31.7 Å². The summed E-state index contributed by atoms with van der Waals surface area (Å²) in [7, 11) is 0. The largest absolute Gasteiger partial charge is 0.360 e. The molecule has 0 radical (unpaired) electrons. The molecule has 1 aromatic heterocycles. The Morgan fingerprint density at radius 2 is 2.35 bits per heavy atom. The van der Waals surface area contributed by atoms with Crippen LogP contribution in [0.25, 0.3) is 0 Å². The molecule has 0 spiro atoms. The van der Waals surface area contributed by atoms with Crippen LogP contribution < -0.4 is 5.32 Å². The number of piperidine rings is 1. The number of anilines is 1. The fourth-order valence-corrected chi connectivity index (χ4v) is 3.05. The van der Waals surface area contributed by atoms with Gasteiger partial charge in [0.05, 0.1) is 6.54 Å². The zero-order valence-corrected chi connectivity index (χ0v) is 11.6. The molecule has 1 saturated heterocycles. The molecule has 0 amide bonds. The van der Waals surface area contributed by atoms with Crippen LogP contribution in [0.15, 0.2) is 0 Å². The summed E-state index contributed by atoms with van der Waals surface area (Å²) >= 11 is 1.69. The molecule has 1 N–H and O–H groups in total. The molecule has 5 heteroatoms. The molecule has 0 aliphatic carbocycles. The van der Waals surface area contributed by atoms with Gasteiger partial charge in [-0.3, -0.25) is 4.90 Å². The van der Waals surface area contributed by atoms with Crippen LogP contribution in [0.2, 0.25) is 0 Å². The summed E-state index contributed by atoms with van der Waals surface area (Å²) in [5, 5.41) is 13.8. The second-order valence-electron chi connectivity index (χ2n) is 4.91. The first-order chi connectivity index (χ1) is 8.28. The second kappa shape index (κ2) is 6.31. The minimum absolute atomic E-state index is 0.828. The van der Waals surface area contributed by atoms with E-state index in [0.717, 1.165) is 35.6 Å². The van der Waals surface area contributed by atoms with Gasteiger partial charge in [0.1, 0.15) is 5.01 Å². The van der Waals surface area contributed by atoms with Crippen LogP contribution in [0.5, 0.6) is 0 Å². The van der Waals surface area contributed by atoms with Crippen LogP contribution in [0, 0.1) is 5.92 Å². The Labute approximate surface area is 107 Å². The Morgan fingerprint density at radius 1 is 1.47 bits per heavy atom. The van der Waals surface area contributed by atoms with Gasteiger partial charge in [-0.2, -0.15) is 0 Å². The summed E-state index contributed by atoms with van der Waals surface area (Å²) in [5.41, 5.74) is 0. The van der Waals surface area contributed by atoms with Crippen molar-refractivity contribution in [3.63, 3.8) is 0 Å². The zero-order chi connectivity index (χ0) is 12.1. The molecule has 0 bridgehead atoms. The molecule has 1 unspecified atom stereocenters. The molecule has 1 aromatic rings. The maximum Gasteiger partial charge on any atom is 0.205 e. The lowest BCUT2D eigenvalue weighted by Crippen LogP contribution is -2.33. The molecule has 2 rings (SSSR count). The first-order valence-corrected chi connectivity index (χ1v) is 7.38. The van der Waals surface area contributed by atoms with E-state index in [0.29, 0.717) is 0 Å². The van der Waals surface area contributed by atoms with Crippen molar-refractivity contribution < 1.29 is 0 Å². The van der Waals surface area contributed by atoms with Gasteiger partial charge < -0.3 is 5.32 Å². The summed E-state index contributed by atoms with van der Waals surface area (Å²) < 4.78 is 0. The van der Waals surface area contributed by atoms with E-state index in [-0.39, 0.29) is 0 Å². The van der Waals surface area contributed by atoms with Crippen molar-refractivity contribution in [1.29, 1.82) is 0 Å². The van der Waals surface area contributed by atoms with Crippen LogP contribution in [0.1, 0.15) is 38.1 Å². The lowest BCUT2D eigenvalue weighted by atomic mass is 10.0. The molecular weight excluding hydrogens is 232 g/mol. The fourth-order valence-electron chi connectivity index (χ4n) is 2.24. The SMILES string of the molecule is CCCNc1nnc(CN2CCCC(C)C2)s1. The molecule has 0 saturated carbocycles. The van der Waals surface area contributed by atoms with E-state index in [1.807, 2.05) is 0 Å². The predicted octanol–water partition coefficient (Wildman–Crippen LogP) is 2.59. The average molecular weight is 254 g/mol. The van der Waals surface area contributed by atoms with Gasteiger partial charge >= 0.3 is 0 Å². The molecular formula is C12H22N4S. The minimum Gasteiger partial charge on any atom is -0.360 e. The lowest BCUT2D eigenvalue weighted by Gasteiger charge is -2.29. The number of likely N-dealkylation sites (tertiary alicyclic amines) is 1. The van der Waals surface area contributed by atoms with Gasteiger partial charge in [0.25, 0.3) is 0 Å². The number of hydrogen-bond donors (Lipinski definition) is 1. The van der Waals surface area contributed by atoms with Gasteiger partial charge in [-0.1, -0.05) is 25.2 Å². The van der Waals surface area contributed by atoms with Crippen LogP contribution in [-0.4, -0.2) is 34.7 Å². The predicted molar refractivity (Wildman–Crippen MR) is 72.4 cm³/mol. The Balaban J connectivity index is 1.83. The van der Waals surface area contributed by atoms with Gasteiger partial charge in [-0.15, -0.1) is 10.2 Å². The summed E-state index contributed by atoms with van der Waals surface area (Å²) in [6, 6.07) is 0. The van der Waals surface area contributed by atoms with Crippen molar-refractivity contribution in [2.75, 3.05) is 25.0 Å². The number of aromatic nitrogens is 2. The third-order valence-corrected chi connectivity index (χ3v) is 3.96. The normalized spacial score (nSPS) is 21.6. The first-order valence-electron chi connectivity index (χ1n) is 6.56. The molecule has 1 fully saturated rings. The second-order valence-corrected chi connectivity index (χ2v) is 5.97. The molecule has 4 nitrogen and oxygen atoms in total. The van der Waals surface area contributed by atoms with E-state index in [1.165, 1.54) is 25.9 Å². The van der Waals surface area contributed by atoms with E-state index < -0.39 is 0 Å². The number of nitrogens with one attached hydrogen (secondary N) is 1. The van der Waals surface area contributed by atoms with E-state index in [4.69, 9.17) is 0 Å². The number of nitrogens with zero attached hydrogens (tertiary/aromatic N) is 3. The maximum atomic E-state index is 4.25. The molecule has 2 heterocycles. The fraction of sp³-hybridized carbons (Fsp3) is 0.833. The Hall–Kier alpha value is -0.680. The number of hydrogen-bond acceptors (Lipinski definition) is 5. The van der Waals surface area contributed by atoms with Crippen molar-refractivity contribution in [3.8, 4) is 0 Å². The van der Waals surface area contributed by atoms with Gasteiger partial charge in [0.15, 0.2) is 0 Å². The van der Waals surface area contributed by atoms with Crippen LogP contribution >= 0.6 is 11.3 Å². The van der Waals surface area contributed by atoms with E-state index in [9.17, 15) is 0 Å². The molecule has 17 heavy (non-hydrogen) atoms. The van der Waals surface area contributed by atoms with Crippen molar-refractivity contribution in [3.05, 3.63) is 5.01 Å². The highest BCUT2D eigenvalue weighted by atomic mass is 32.1. The monoisotopic (exact) mass is 254 g/mol. The van der Waals surface area contributed by atoms with Crippen molar-refractivity contribution >= 4 is 16.5 Å². The molecule has 96 valence electrons. The van der Waals surface area contributed by atoms with E-state index in [2.05, 4.69) is 34.3 Å². The van der Waals surface area contributed by atoms with Crippen molar-refractivity contribution in [2.45, 2.75) is 39.7 Å². The standard InChI is InChI=1S/C12H22N4S/c1-3-6-13-12-15-14-11(17-12)9-16-7-4-5-10(2)8-16/h10H,3-9H2,1-2H3,(H,13,15). The quantitative estimate of drug-likeness (QED) is 0.877. The van der Waals surface area contributed by atoms with Crippen LogP contribution in [0.4, 0.5) is 5.13 Å². The molecule has 1 atom stereocenters. The van der Waals surface area contributed by atoms with Crippen LogP contribution in [-0.2, 0) is 6.54 Å². The van der Waals surface area contributed by atoms with Crippen LogP contribution in [0.3, 0.4) is 0 Å². The Morgan fingerprint density at radius 3 is 3.12 bits per heavy atom. The zero-order valence-electron chi connectivity index (χ0n) is 10.8. The molecule has 0 aromatic carbocycles. The maximum absolute atomic E-state index is 4.25. The topological polar surface area (TPSA) is 41.1 Å². The Kier molecular flexibility index (Phi) is 4.74. The van der Waals surface area contributed by atoms with Gasteiger partial charge in [-0.25, -0.2) is 0 Å². The molecule has 1 aliphatic heterocycles. The summed E-state index contributed by atoms with van der Waals surface area (Å²) in [6.07, 6.45) is 3.81. The highest BCUT2D eigenvalue weighted by molar-refractivity contribution is 7.15. The lowest BCUT2D eigenvalue weighted by molar-refractivity contribution is 0.176. The van der Waals surface area contributed by atoms with Gasteiger partial charge in [0.2, 0.25) is 5.13 Å². The minimum atomic E-state index is 0.828. The summed E-state index contributed by atoms with van der Waals surface area (Å²) in [5.74, 6) is 0.828. The van der Waals surface area contributed by atoms with E-state index in [1.54, 1.807) is 11.3 Å². The first kappa shape index (κ1) is 12.8. The Bertz CT molecular complexity index is 339. The highest BCUT2D eigenvalue weighted by Gasteiger charge is 2.17. The third kappa shape index (κ3) is 3.92. The van der Waals surface area contributed by atoms with Gasteiger partial charge in [0, 0.05) is 13.1 Å². The summed E-state index contributed by atoms with van der Waals surface area (Å²) in [4.78, 5) is 2.50.